The van der Waals surface area contributed by atoms with E-state index in [1.54, 1.807) is 19.1 Å². The van der Waals surface area contributed by atoms with Gasteiger partial charge in [-0.15, -0.1) is 0 Å². The molecular weight excluding hydrogens is 272 g/mol. The highest BCUT2D eigenvalue weighted by Gasteiger charge is 2.17. The monoisotopic (exact) mass is 292 g/mol. The molecule has 0 bridgehead atoms. The van der Waals surface area contributed by atoms with Gasteiger partial charge in [-0.1, -0.05) is 29.9 Å². The molecule has 0 fully saturated rings. The molecule has 0 aliphatic carbocycles. The van der Waals surface area contributed by atoms with E-state index in [-0.39, 0.29) is 6.61 Å². The van der Waals surface area contributed by atoms with Crippen molar-refractivity contribution >= 4 is 17.9 Å². The number of hydrogen-bond donors (Lipinski definition) is 0. The van der Waals surface area contributed by atoms with Gasteiger partial charge in [-0.3, -0.25) is 0 Å². The van der Waals surface area contributed by atoms with Crippen LogP contribution in [0.4, 0.5) is 10.5 Å². The molecule has 1 rings (SSSR count). The Kier molecular flexibility index (Phi) is 9.87. The minimum absolute atomic E-state index is 0.218. The quantitative estimate of drug-likeness (QED) is 0.361. The molecule has 0 unspecified atom stereocenters. The molecule has 1 amide bonds. The van der Waals surface area contributed by atoms with Crippen LogP contribution in [0.5, 0.6) is 0 Å². The first-order chi connectivity index (χ1) is 10.1. The van der Waals surface area contributed by atoms with Crippen molar-refractivity contribution in [3.63, 3.8) is 0 Å². The number of para-hydroxylation sites is 1. The second-order valence-corrected chi connectivity index (χ2v) is 3.61. The van der Waals surface area contributed by atoms with E-state index >= 15 is 0 Å². The Labute approximate surface area is 124 Å². The van der Waals surface area contributed by atoms with E-state index in [0.29, 0.717) is 5.69 Å². The van der Waals surface area contributed by atoms with Crippen molar-refractivity contribution < 1.29 is 19.1 Å². The number of aryl methyl sites for hydroxylation is 1. The van der Waals surface area contributed by atoms with Gasteiger partial charge in [0.25, 0.3) is 6.08 Å². The summed E-state index contributed by atoms with van der Waals surface area (Å²) in [5.41, 5.74) is 1.32. The summed E-state index contributed by atoms with van der Waals surface area (Å²) in [6, 6.07) is 7.05. The minimum Gasteiger partial charge on any atom is -0.502 e. The number of benzene rings is 1. The number of amides is 1. The van der Waals surface area contributed by atoms with Crippen LogP contribution in [0.25, 0.3) is 0 Å². The van der Waals surface area contributed by atoms with Crippen LogP contribution in [0.1, 0.15) is 19.4 Å². The molecule has 0 aliphatic heterocycles. The largest absolute Gasteiger partial charge is 0.502 e. The van der Waals surface area contributed by atoms with Gasteiger partial charge in [0.2, 0.25) is 0 Å². The molecule has 0 N–H and O–H groups in total. The molecule has 114 valence electrons. The summed E-state index contributed by atoms with van der Waals surface area (Å²) >= 11 is 0. The van der Waals surface area contributed by atoms with Crippen LogP contribution in [-0.2, 0) is 14.3 Å². The fourth-order valence-corrected chi connectivity index (χ4v) is 1.34. The summed E-state index contributed by atoms with van der Waals surface area (Å²) < 4.78 is 9.38. The van der Waals surface area contributed by atoms with Crippen LogP contribution >= 0.6 is 0 Å². The van der Waals surface area contributed by atoms with E-state index in [9.17, 15) is 9.59 Å². The Balaban J connectivity index is 0.000000690. The van der Waals surface area contributed by atoms with E-state index in [2.05, 4.69) is 16.4 Å². The van der Waals surface area contributed by atoms with Crippen LogP contribution in [0.2, 0.25) is 0 Å². The van der Waals surface area contributed by atoms with Crippen molar-refractivity contribution in [1.82, 2.24) is 0 Å². The molecule has 0 heterocycles. The third kappa shape index (κ3) is 6.94. The predicted octanol–water partition coefficient (Wildman–Crippen LogP) is 3.38. The zero-order valence-corrected chi connectivity index (χ0v) is 12.5. The molecule has 0 radical (unpaired) electrons. The van der Waals surface area contributed by atoms with Crippen molar-refractivity contribution in [2.45, 2.75) is 20.8 Å². The van der Waals surface area contributed by atoms with E-state index in [0.717, 1.165) is 17.2 Å². The molecule has 0 atom stereocenters. The standard InChI is InChI=1S/C11H12N2O3.C4H8O/c1-3-16-11(15)13(12-8-14)10-7-5-4-6-9(10)2;1-3-5-4-2/h4-7H,3H2,1-2H3;3H,1,4H2,2H3. The lowest BCUT2D eigenvalue weighted by molar-refractivity contribution is 0.160. The molecule has 6 heteroatoms. The Hall–Kier alpha value is -2.59. The normalized spacial score (nSPS) is 8.52. The topological polar surface area (TPSA) is 68.2 Å². The molecule has 21 heavy (non-hydrogen) atoms. The van der Waals surface area contributed by atoms with Crippen molar-refractivity contribution in [2.24, 2.45) is 5.10 Å². The second-order valence-electron chi connectivity index (χ2n) is 3.61. The lowest BCUT2D eigenvalue weighted by Gasteiger charge is -2.16. The molecule has 1 aromatic carbocycles. The van der Waals surface area contributed by atoms with Crippen LogP contribution in [0, 0.1) is 6.92 Å². The van der Waals surface area contributed by atoms with Gasteiger partial charge < -0.3 is 9.47 Å². The lowest BCUT2D eigenvalue weighted by atomic mass is 10.2. The SMILES string of the molecule is C=COCC.CCOC(=O)N(N=C=O)c1ccccc1C. The minimum atomic E-state index is -0.694. The highest BCUT2D eigenvalue weighted by atomic mass is 16.6. The fourth-order valence-electron chi connectivity index (χ4n) is 1.34. The van der Waals surface area contributed by atoms with E-state index in [1.807, 2.05) is 26.0 Å². The first kappa shape index (κ1) is 18.4. The average molecular weight is 292 g/mol. The summed E-state index contributed by atoms with van der Waals surface area (Å²) in [7, 11) is 0. The predicted molar refractivity (Wildman–Crippen MR) is 80.6 cm³/mol. The van der Waals surface area contributed by atoms with Crippen molar-refractivity contribution in [1.29, 1.82) is 0 Å². The van der Waals surface area contributed by atoms with Crippen LogP contribution in [0.3, 0.4) is 0 Å². The van der Waals surface area contributed by atoms with Crippen molar-refractivity contribution in [3.8, 4) is 0 Å². The lowest BCUT2D eigenvalue weighted by Crippen LogP contribution is -2.26. The van der Waals surface area contributed by atoms with Crippen molar-refractivity contribution in [2.75, 3.05) is 18.2 Å². The number of ether oxygens (including phenoxy) is 2. The molecular formula is C15H20N2O4. The van der Waals surface area contributed by atoms with Crippen molar-refractivity contribution in [3.05, 3.63) is 42.7 Å². The number of carbonyl (C=O) groups excluding carboxylic acids is 2. The summed E-state index contributed by atoms with van der Waals surface area (Å²) in [6.45, 7) is 9.68. The molecule has 0 spiro atoms. The first-order valence-electron chi connectivity index (χ1n) is 6.45. The maximum absolute atomic E-state index is 11.5. The molecule has 6 nitrogen and oxygen atoms in total. The molecule has 0 aliphatic rings. The maximum Gasteiger partial charge on any atom is 0.435 e. The molecule has 1 aromatic rings. The second kappa shape index (κ2) is 11.3. The third-order valence-corrected chi connectivity index (χ3v) is 2.21. The highest BCUT2D eigenvalue weighted by Crippen LogP contribution is 2.20. The number of anilines is 1. The Morgan fingerprint density at radius 3 is 2.48 bits per heavy atom. The molecule has 0 saturated carbocycles. The van der Waals surface area contributed by atoms with Gasteiger partial charge in [0.15, 0.2) is 0 Å². The fraction of sp³-hybridized carbons (Fsp3) is 0.333. The summed E-state index contributed by atoms with van der Waals surface area (Å²) in [5, 5.41) is 4.22. The Bertz CT molecular complexity index is 496. The number of isocyanates is 1. The summed E-state index contributed by atoms with van der Waals surface area (Å²) in [4.78, 5) is 21.8. The van der Waals surface area contributed by atoms with Gasteiger partial charge in [-0.2, -0.15) is 5.01 Å². The zero-order valence-electron chi connectivity index (χ0n) is 12.5. The molecule has 0 saturated heterocycles. The zero-order chi connectivity index (χ0) is 16.1. The summed E-state index contributed by atoms with van der Waals surface area (Å²) in [6.07, 6.45) is 2.07. The smallest absolute Gasteiger partial charge is 0.435 e. The van der Waals surface area contributed by atoms with Gasteiger partial charge in [0.1, 0.15) is 0 Å². The Morgan fingerprint density at radius 1 is 1.38 bits per heavy atom. The average Bonchev–Trinajstić information content (AvgIpc) is 2.47. The van der Waals surface area contributed by atoms with Crippen LogP contribution in [0.15, 0.2) is 42.2 Å². The molecule has 0 aromatic heterocycles. The Morgan fingerprint density at radius 2 is 2.05 bits per heavy atom. The number of carbonyl (C=O) groups is 1. The van der Waals surface area contributed by atoms with Crippen LogP contribution < -0.4 is 5.01 Å². The number of rotatable bonds is 5. The number of hydrogen-bond acceptors (Lipinski definition) is 5. The van der Waals surface area contributed by atoms with Gasteiger partial charge >= 0.3 is 6.09 Å². The maximum atomic E-state index is 11.5. The van der Waals surface area contributed by atoms with Gasteiger partial charge in [-0.25, -0.2) is 9.59 Å². The number of nitrogens with zero attached hydrogens (tertiary/aromatic N) is 2. The van der Waals surface area contributed by atoms with E-state index in [1.165, 1.54) is 12.3 Å². The highest BCUT2D eigenvalue weighted by molar-refractivity contribution is 5.88. The van der Waals surface area contributed by atoms with E-state index in [4.69, 9.17) is 4.74 Å². The van der Waals surface area contributed by atoms with Gasteiger partial charge in [0, 0.05) is 0 Å². The number of hydrazone groups is 1. The van der Waals surface area contributed by atoms with Gasteiger partial charge in [-0.05, 0) is 32.4 Å². The summed E-state index contributed by atoms with van der Waals surface area (Å²) in [5.74, 6) is 0. The van der Waals surface area contributed by atoms with Gasteiger partial charge in [0.05, 0.1) is 25.2 Å². The van der Waals surface area contributed by atoms with Crippen LogP contribution in [-0.4, -0.2) is 25.4 Å². The van der Waals surface area contributed by atoms with E-state index < -0.39 is 6.09 Å². The third-order valence-electron chi connectivity index (χ3n) is 2.21. The first-order valence-corrected chi connectivity index (χ1v) is 6.45.